The summed E-state index contributed by atoms with van der Waals surface area (Å²) in [5.41, 5.74) is 0. The van der Waals surface area contributed by atoms with Gasteiger partial charge in [-0.1, -0.05) is 6.92 Å². The highest BCUT2D eigenvalue weighted by molar-refractivity contribution is 5.74. The van der Waals surface area contributed by atoms with E-state index in [1.807, 2.05) is 6.92 Å². The molecule has 3 N–H and O–H groups in total. The summed E-state index contributed by atoms with van der Waals surface area (Å²) in [6.07, 6.45) is 1.26. The molecule has 6 nitrogen and oxygen atoms in total. The number of nitrogens with zero attached hydrogens (tertiary/aromatic N) is 1. The van der Waals surface area contributed by atoms with Crippen molar-refractivity contribution in [2.45, 2.75) is 39.2 Å². The molecule has 2 amide bonds. The molecule has 0 bridgehead atoms. The maximum Gasteiger partial charge on any atom is 0.317 e. The Balaban J connectivity index is 4.05. The summed E-state index contributed by atoms with van der Waals surface area (Å²) < 4.78 is 0. The first-order chi connectivity index (χ1) is 8.01. The van der Waals surface area contributed by atoms with E-state index in [0.717, 1.165) is 6.42 Å². The maximum atomic E-state index is 11.7. The highest BCUT2D eigenvalue weighted by Gasteiger charge is 2.14. The molecule has 0 radical (unpaired) electrons. The van der Waals surface area contributed by atoms with E-state index in [4.69, 9.17) is 10.2 Å². The van der Waals surface area contributed by atoms with Crippen LogP contribution in [-0.4, -0.2) is 52.9 Å². The van der Waals surface area contributed by atoms with Crippen molar-refractivity contribution in [2.24, 2.45) is 0 Å². The zero-order chi connectivity index (χ0) is 13.3. The first-order valence-corrected chi connectivity index (χ1v) is 5.89. The largest absolute Gasteiger partial charge is 0.481 e. The third-order valence-corrected chi connectivity index (χ3v) is 2.31. The third kappa shape index (κ3) is 7.57. The molecule has 0 saturated carbocycles. The Morgan fingerprint density at radius 2 is 2.00 bits per heavy atom. The van der Waals surface area contributed by atoms with Gasteiger partial charge in [0, 0.05) is 25.6 Å². The molecule has 6 heteroatoms. The first-order valence-electron chi connectivity index (χ1n) is 5.89. The normalized spacial score (nSPS) is 11.9. The number of amides is 2. The molecule has 0 heterocycles. The predicted molar refractivity (Wildman–Crippen MR) is 63.8 cm³/mol. The molecule has 0 aromatic carbocycles. The minimum Gasteiger partial charge on any atom is -0.481 e. The number of urea groups is 1. The van der Waals surface area contributed by atoms with Gasteiger partial charge in [-0.05, 0) is 19.8 Å². The Morgan fingerprint density at radius 3 is 2.47 bits per heavy atom. The van der Waals surface area contributed by atoms with E-state index in [1.165, 1.54) is 4.90 Å². The highest BCUT2D eigenvalue weighted by Crippen LogP contribution is 1.99. The second-order valence-electron chi connectivity index (χ2n) is 3.99. The van der Waals surface area contributed by atoms with Crippen LogP contribution in [-0.2, 0) is 4.79 Å². The summed E-state index contributed by atoms with van der Waals surface area (Å²) in [4.78, 5) is 23.6. The SMILES string of the molecule is CCCN(CCO)C(=O)NC(C)CCC(=O)O. The number of carbonyl (C=O) groups excluding carboxylic acids is 1. The Labute approximate surface area is 102 Å². The van der Waals surface area contributed by atoms with Crippen molar-refractivity contribution in [1.29, 1.82) is 0 Å². The lowest BCUT2D eigenvalue weighted by molar-refractivity contribution is -0.137. The standard InChI is InChI=1S/C11H22N2O4/c1-3-6-13(7-8-14)11(17)12-9(2)4-5-10(15)16/h9,14H,3-8H2,1-2H3,(H,12,17)(H,15,16). The van der Waals surface area contributed by atoms with Crippen LogP contribution in [0.2, 0.25) is 0 Å². The fourth-order valence-electron chi connectivity index (χ4n) is 1.42. The summed E-state index contributed by atoms with van der Waals surface area (Å²) >= 11 is 0. The van der Waals surface area contributed by atoms with E-state index in [-0.39, 0.29) is 25.1 Å². The number of aliphatic hydroxyl groups is 1. The summed E-state index contributed by atoms with van der Waals surface area (Å²) in [6.45, 7) is 4.52. The van der Waals surface area contributed by atoms with Crippen molar-refractivity contribution >= 4 is 12.0 Å². The van der Waals surface area contributed by atoms with Gasteiger partial charge in [0.1, 0.15) is 0 Å². The molecule has 0 aliphatic heterocycles. The molecule has 17 heavy (non-hydrogen) atoms. The van der Waals surface area contributed by atoms with Gasteiger partial charge in [-0.2, -0.15) is 0 Å². The van der Waals surface area contributed by atoms with Crippen LogP contribution in [0.3, 0.4) is 0 Å². The molecule has 1 atom stereocenters. The molecule has 0 fully saturated rings. The number of carboxylic acid groups (broad SMARTS) is 1. The van der Waals surface area contributed by atoms with Crippen LogP contribution in [0.5, 0.6) is 0 Å². The molecule has 100 valence electrons. The van der Waals surface area contributed by atoms with Crippen molar-refractivity contribution in [2.75, 3.05) is 19.7 Å². The van der Waals surface area contributed by atoms with Crippen LogP contribution < -0.4 is 5.32 Å². The summed E-state index contributed by atoms with van der Waals surface area (Å²) in [7, 11) is 0. The van der Waals surface area contributed by atoms with Crippen LogP contribution in [0.1, 0.15) is 33.1 Å². The number of nitrogens with one attached hydrogen (secondary N) is 1. The van der Waals surface area contributed by atoms with Crippen LogP contribution in [0.15, 0.2) is 0 Å². The number of carbonyl (C=O) groups is 2. The monoisotopic (exact) mass is 246 g/mol. The van der Waals surface area contributed by atoms with E-state index in [1.54, 1.807) is 6.92 Å². The zero-order valence-electron chi connectivity index (χ0n) is 10.5. The summed E-state index contributed by atoms with van der Waals surface area (Å²) in [5.74, 6) is -0.869. The van der Waals surface area contributed by atoms with Crippen LogP contribution in [0.25, 0.3) is 0 Å². The lowest BCUT2D eigenvalue weighted by Crippen LogP contribution is -2.45. The molecule has 0 aliphatic carbocycles. The van der Waals surface area contributed by atoms with E-state index < -0.39 is 5.97 Å². The van der Waals surface area contributed by atoms with Crippen molar-refractivity contribution in [1.82, 2.24) is 10.2 Å². The second kappa shape index (κ2) is 8.81. The van der Waals surface area contributed by atoms with Crippen molar-refractivity contribution in [3.63, 3.8) is 0 Å². The van der Waals surface area contributed by atoms with Crippen molar-refractivity contribution in [3.05, 3.63) is 0 Å². The number of rotatable bonds is 8. The lowest BCUT2D eigenvalue weighted by atomic mass is 10.2. The molecule has 1 unspecified atom stereocenters. The van der Waals surface area contributed by atoms with Crippen LogP contribution >= 0.6 is 0 Å². The molecule has 0 rings (SSSR count). The average Bonchev–Trinajstić information content (AvgIpc) is 2.26. The second-order valence-corrected chi connectivity index (χ2v) is 3.99. The molecular formula is C11H22N2O4. The van der Waals surface area contributed by atoms with Crippen LogP contribution in [0.4, 0.5) is 4.79 Å². The Bertz CT molecular complexity index is 240. The van der Waals surface area contributed by atoms with E-state index in [0.29, 0.717) is 19.5 Å². The molecule has 0 spiro atoms. The minimum atomic E-state index is -0.869. The van der Waals surface area contributed by atoms with Gasteiger partial charge in [0.25, 0.3) is 0 Å². The highest BCUT2D eigenvalue weighted by atomic mass is 16.4. The van der Waals surface area contributed by atoms with E-state index in [9.17, 15) is 9.59 Å². The molecular weight excluding hydrogens is 224 g/mol. The lowest BCUT2D eigenvalue weighted by Gasteiger charge is -2.23. The van der Waals surface area contributed by atoms with Gasteiger partial charge < -0.3 is 20.4 Å². The van der Waals surface area contributed by atoms with E-state index in [2.05, 4.69) is 5.32 Å². The molecule has 0 aliphatic rings. The summed E-state index contributed by atoms with van der Waals surface area (Å²) in [6, 6.07) is -0.435. The topological polar surface area (TPSA) is 89.9 Å². The van der Waals surface area contributed by atoms with Gasteiger partial charge in [-0.15, -0.1) is 0 Å². The van der Waals surface area contributed by atoms with Gasteiger partial charge in [-0.3, -0.25) is 4.79 Å². The number of carboxylic acids is 1. The van der Waals surface area contributed by atoms with Gasteiger partial charge in [0.15, 0.2) is 0 Å². The Kier molecular flexibility index (Phi) is 8.13. The number of hydrogen-bond acceptors (Lipinski definition) is 3. The van der Waals surface area contributed by atoms with Crippen LogP contribution in [0, 0.1) is 0 Å². The quantitative estimate of drug-likeness (QED) is 0.586. The fraction of sp³-hybridized carbons (Fsp3) is 0.818. The zero-order valence-corrected chi connectivity index (χ0v) is 10.5. The van der Waals surface area contributed by atoms with Gasteiger partial charge in [-0.25, -0.2) is 4.79 Å². The van der Waals surface area contributed by atoms with Gasteiger partial charge in [0.2, 0.25) is 0 Å². The molecule has 0 aromatic rings. The average molecular weight is 246 g/mol. The summed E-state index contributed by atoms with van der Waals surface area (Å²) in [5, 5.41) is 20.1. The molecule has 0 saturated heterocycles. The smallest absolute Gasteiger partial charge is 0.317 e. The van der Waals surface area contributed by atoms with Gasteiger partial charge in [0.05, 0.1) is 6.61 Å². The molecule has 0 aromatic heterocycles. The predicted octanol–water partition coefficient (Wildman–Crippen LogP) is 0.654. The number of aliphatic hydroxyl groups excluding tert-OH is 1. The van der Waals surface area contributed by atoms with E-state index >= 15 is 0 Å². The maximum absolute atomic E-state index is 11.7. The van der Waals surface area contributed by atoms with Crippen molar-refractivity contribution < 1.29 is 19.8 Å². The van der Waals surface area contributed by atoms with Crippen molar-refractivity contribution in [3.8, 4) is 0 Å². The third-order valence-electron chi connectivity index (χ3n) is 2.31. The first kappa shape index (κ1) is 15.7. The van der Waals surface area contributed by atoms with Gasteiger partial charge >= 0.3 is 12.0 Å². The number of hydrogen-bond donors (Lipinski definition) is 3. The Morgan fingerprint density at radius 1 is 1.35 bits per heavy atom. The fourth-order valence-corrected chi connectivity index (χ4v) is 1.42. The number of aliphatic carboxylic acids is 1. The Hall–Kier alpha value is -1.30. The minimum absolute atomic E-state index is 0.0369.